The molecule has 7 heteroatoms. The van der Waals surface area contributed by atoms with Crippen molar-refractivity contribution in [1.29, 1.82) is 0 Å². The van der Waals surface area contributed by atoms with Crippen LogP contribution in [0.5, 0.6) is 5.75 Å². The Kier molecular flexibility index (Phi) is 3.50. The van der Waals surface area contributed by atoms with Gasteiger partial charge in [0.15, 0.2) is 0 Å². The summed E-state index contributed by atoms with van der Waals surface area (Å²) >= 11 is 0. The average Bonchev–Trinajstić information content (AvgIpc) is 2.78. The second-order valence-corrected chi connectivity index (χ2v) is 5.23. The molecule has 0 N–H and O–H groups in total. The zero-order valence-corrected chi connectivity index (χ0v) is 12.3. The quantitative estimate of drug-likeness (QED) is 0.645. The lowest BCUT2D eigenvalue weighted by atomic mass is 10.0. The molecule has 3 nitrogen and oxygen atoms in total. The van der Waals surface area contributed by atoms with Gasteiger partial charge in [-0.1, -0.05) is 0 Å². The van der Waals surface area contributed by atoms with Crippen molar-refractivity contribution in [2.24, 2.45) is 7.05 Å². The molecule has 3 rings (SSSR count). The molecule has 0 fully saturated rings. The number of rotatable bonds is 2. The van der Waals surface area contributed by atoms with Gasteiger partial charge in [-0.25, -0.2) is 9.37 Å². The standard InChI is InChI=1S/C16H12F4N2O/c1-9-5-12(15-14(6-9)22(2)8-21-15)11-4-3-10(7-13(11)17)23-16(18,19)20/h3-8H,1-2H3. The van der Waals surface area contributed by atoms with E-state index in [0.717, 1.165) is 23.2 Å². The van der Waals surface area contributed by atoms with Crippen LogP contribution in [0.25, 0.3) is 22.2 Å². The maximum absolute atomic E-state index is 14.3. The summed E-state index contributed by atoms with van der Waals surface area (Å²) in [5.41, 5.74) is 2.99. The zero-order valence-electron chi connectivity index (χ0n) is 12.3. The number of nitrogens with zero attached hydrogens (tertiary/aromatic N) is 2. The molecule has 0 saturated heterocycles. The molecule has 0 unspecified atom stereocenters. The van der Waals surface area contributed by atoms with Gasteiger partial charge in [-0.2, -0.15) is 0 Å². The van der Waals surface area contributed by atoms with Gasteiger partial charge >= 0.3 is 6.36 Å². The second kappa shape index (κ2) is 5.26. The molecule has 0 saturated carbocycles. The Morgan fingerprint density at radius 2 is 1.83 bits per heavy atom. The van der Waals surface area contributed by atoms with Crippen LogP contribution < -0.4 is 4.74 Å². The maximum Gasteiger partial charge on any atom is 0.573 e. The molecular formula is C16H12F4N2O. The van der Waals surface area contributed by atoms with Crippen molar-refractivity contribution < 1.29 is 22.3 Å². The van der Waals surface area contributed by atoms with E-state index in [-0.39, 0.29) is 5.56 Å². The van der Waals surface area contributed by atoms with Crippen LogP contribution in [0.2, 0.25) is 0 Å². The SMILES string of the molecule is Cc1cc(-c2ccc(OC(F)(F)F)cc2F)c2ncn(C)c2c1. The van der Waals surface area contributed by atoms with Crippen LogP contribution >= 0.6 is 0 Å². The van der Waals surface area contributed by atoms with Gasteiger partial charge in [0.25, 0.3) is 0 Å². The molecule has 2 aromatic carbocycles. The van der Waals surface area contributed by atoms with E-state index in [1.54, 1.807) is 17.0 Å². The van der Waals surface area contributed by atoms with Gasteiger partial charge in [-0.05, 0) is 36.8 Å². The second-order valence-electron chi connectivity index (χ2n) is 5.23. The Morgan fingerprint density at radius 1 is 1.09 bits per heavy atom. The first-order chi connectivity index (χ1) is 10.7. The Labute approximate surface area is 129 Å². The van der Waals surface area contributed by atoms with E-state index in [1.165, 1.54) is 6.07 Å². The summed E-state index contributed by atoms with van der Waals surface area (Å²) in [4.78, 5) is 4.24. The van der Waals surface area contributed by atoms with Crippen LogP contribution in [0.1, 0.15) is 5.56 Å². The van der Waals surface area contributed by atoms with Crippen molar-refractivity contribution in [2.75, 3.05) is 0 Å². The van der Waals surface area contributed by atoms with Gasteiger partial charge in [0.2, 0.25) is 0 Å². The van der Waals surface area contributed by atoms with Crippen molar-refractivity contribution in [3.63, 3.8) is 0 Å². The molecule has 0 amide bonds. The van der Waals surface area contributed by atoms with Gasteiger partial charge in [-0.3, -0.25) is 0 Å². The summed E-state index contributed by atoms with van der Waals surface area (Å²) in [5.74, 6) is -1.40. The molecule has 0 radical (unpaired) electrons. The number of hydrogen-bond donors (Lipinski definition) is 0. The van der Waals surface area contributed by atoms with E-state index in [9.17, 15) is 17.6 Å². The Hall–Kier alpha value is -2.57. The molecule has 0 aliphatic heterocycles. The molecule has 0 spiro atoms. The van der Waals surface area contributed by atoms with E-state index in [4.69, 9.17) is 0 Å². The number of benzene rings is 2. The van der Waals surface area contributed by atoms with Gasteiger partial charge in [0.05, 0.1) is 17.4 Å². The normalized spacial score (nSPS) is 11.9. The average molecular weight is 324 g/mol. The fraction of sp³-hybridized carbons (Fsp3) is 0.188. The lowest BCUT2D eigenvalue weighted by molar-refractivity contribution is -0.274. The fourth-order valence-corrected chi connectivity index (χ4v) is 2.49. The van der Waals surface area contributed by atoms with E-state index in [2.05, 4.69) is 9.72 Å². The topological polar surface area (TPSA) is 27.1 Å². The fourth-order valence-electron chi connectivity index (χ4n) is 2.49. The van der Waals surface area contributed by atoms with Crippen molar-refractivity contribution in [3.8, 4) is 16.9 Å². The first-order valence-corrected chi connectivity index (χ1v) is 6.72. The van der Waals surface area contributed by atoms with Crippen molar-refractivity contribution in [1.82, 2.24) is 9.55 Å². The molecule has 120 valence electrons. The highest BCUT2D eigenvalue weighted by molar-refractivity contribution is 5.93. The Balaban J connectivity index is 2.12. The summed E-state index contributed by atoms with van der Waals surface area (Å²) < 4.78 is 56.4. The molecule has 1 aromatic heterocycles. The van der Waals surface area contributed by atoms with Crippen LogP contribution in [0.4, 0.5) is 17.6 Å². The smallest absolute Gasteiger partial charge is 0.406 e. The highest BCUT2D eigenvalue weighted by Crippen LogP contribution is 2.33. The summed E-state index contributed by atoms with van der Waals surface area (Å²) in [6.45, 7) is 1.86. The molecule has 0 bridgehead atoms. The number of ether oxygens (including phenoxy) is 1. The minimum Gasteiger partial charge on any atom is -0.406 e. The molecule has 0 aliphatic carbocycles. The van der Waals surface area contributed by atoms with Gasteiger partial charge in [0.1, 0.15) is 11.6 Å². The molecular weight excluding hydrogens is 312 g/mol. The van der Waals surface area contributed by atoms with Crippen molar-refractivity contribution in [3.05, 3.63) is 48.0 Å². The number of imidazole rings is 1. The number of aryl methyl sites for hydroxylation is 2. The summed E-state index contributed by atoms with van der Waals surface area (Å²) in [6, 6.07) is 6.73. The molecule has 23 heavy (non-hydrogen) atoms. The number of alkyl halides is 3. The van der Waals surface area contributed by atoms with E-state index < -0.39 is 17.9 Å². The number of aromatic nitrogens is 2. The largest absolute Gasteiger partial charge is 0.573 e. The summed E-state index contributed by atoms with van der Waals surface area (Å²) in [5, 5.41) is 0. The van der Waals surface area contributed by atoms with Crippen LogP contribution in [-0.2, 0) is 7.05 Å². The van der Waals surface area contributed by atoms with Gasteiger partial charge < -0.3 is 9.30 Å². The van der Waals surface area contributed by atoms with Crippen molar-refractivity contribution >= 4 is 11.0 Å². The minimum absolute atomic E-state index is 0.173. The highest BCUT2D eigenvalue weighted by atomic mass is 19.4. The predicted octanol–water partition coefficient (Wildman–Crippen LogP) is 4.59. The number of hydrogen-bond acceptors (Lipinski definition) is 2. The summed E-state index contributed by atoms with van der Waals surface area (Å²) in [7, 11) is 1.81. The zero-order chi connectivity index (χ0) is 16.8. The lowest BCUT2D eigenvalue weighted by Crippen LogP contribution is -2.17. The first-order valence-electron chi connectivity index (χ1n) is 6.72. The molecule has 3 aromatic rings. The van der Waals surface area contributed by atoms with E-state index in [0.29, 0.717) is 11.1 Å². The van der Waals surface area contributed by atoms with Crippen molar-refractivity contribution in [2.45, 2.75) is 13.3 Å². The third-order valence-corrected chi connectivity index (χ3v) is 3.44. The maximum atomic E-state index is 14.3. The molecule has 0 atom stereocenters. The van der Waals surface area contributed by atoms with E-state index >= 15 is 0 Å². The van der Waals surface area contributed by atoms with Gasteiger partial charge in [0, 0.05) is 24.2 Å². The van der Waals surface area contributed by atoms with Crippen LogP contribution in [0, 0.1) is 12.7 Å². The summed E-state index contributed by atoms with van der Waals surface area (Å²) in [6.07, 6.45) is -3.25. The predicted molar refractivity (Wildman–Crippen MR) is 77.5 cm³/mol. The Bertz CT molecular complexity index is 884. The highest BCUT2D eigenvalue weighted by Gasteiger charge is 2.31. The molecule has 0 aliphatic rings. The third kappa shape index (κ3) is 2.99. The van der Waals surface area contributed by atoms with Crippen LogP contribution in [0.15, 0.2) is 36.7 Å². The van der Waals surface area contributed by atoms with Crippen LogP contribution in [-0.4, -0.2) is 15.9 Å². The van der Waals surface area contributed by atoms with Crippen LogP contribution in [0.3, 0.4) is 0 Å². The first kappa shape index (κ1) is 15.3. The van der Waals surface area contributed by atoms with E-state index in [1.807, 2.05) is 20.0 Å². The third-order valence-electron chi connectivity index (χ3n) is 3.44. The minimum atomic E-state index is -4.86. The monoisotopic (exact) mass is 324 g/mol. The number of halogens is 4. The number of fused-ring (bicyclic) bond motifs is 1. The Morgan fingerprint density at radius 3 is 2.48 bits per heavy atom. The lowest BCUT2D eigenvalue weighted by Gasteiger charge is -2.11. The van der Waals surface area contributed by atoms with Gasteiger partial charge in [-0.15, -0.1) is 13.2 Å². The molecule has 1 heterocycles.